The van der Waals surface area contributed by atoms with Crippen molar-refractivity contribution in [1.29, 1.82) is 0 Å². The second kappa shape index (κ2) is 5.32. The Morgan fingerprint density at radius 2 is 0.636 bits per heavy atom. The van der Waals surface area contributed by atoms with E-state index < -0.39 is 0 Å². The molecule has 1 aromatic rings. The van der Waals surface area contributed by atoms with Crippen molar-refractivity contribution in [1.82, 2.24) is 0 Å². The molecule has 0 atom stereocenters. The van der Waals surface area contributed by atoms with Crippen molar-refractivity contribution in [3.8, 4) is 0 Å². The summed E-state index contributed by atoms with van der Waals surface area (Å²) in [7, 11) is -0.389. The van der Waals surface area contributed by atoms with Crippen LogP contribution in [0.25, 0.3) is 0 Å². The van der Waals surface area contributed by atoms with E-state index in [2.05, 4.69) is 26.7 Å². The van der Waals surface area contributed by atoms with Crippen molar-refractivity contribution in [2.24, 2.45) is 0 Å². The molecule has 0 unspecified atom stereocenters. The Balaban J connectivity index is 0.000000187. The van der Waals surface area contributed by atoms with Crippen LogP contribution in [0.5, 0.6) is 0 Å². The molecule has 1 heteroatoms. The summed E-state index contributed by atoms with van der Waals surface area (Å²) in [4.78, 5) is 0. The van der Waals surface area contributed by atoms with Gasteiger partial charge in [0.25, 0.3) is 0 Å². The van der Waals surface area contributed by atoms with Gasteiger partial charge >= 0.3 is 0 Å². The third-order valence-corrected chi connectivity index (χ3v) is 0.667. The molecule has 0 fully saturated rings. The van der Waals surface area contributed by atoms with Crippen molar-refractivity contribution in [2.75, 3.05) is 26.7 Å². The van der Waals surface area contributed by atoms with Crippen LogP contribution in [0.4, 0.5) is 0 Å². The molecule has 62 valence electrons. The zero-order chi connectivity index (χ0) is 8.74. The Morgan fingerprint density at radius 1 is 0.545 bits per heavy atom. The summed E-state index contributed by atoms with van der Waals surface area (Å²) in [6.45, 7) is 9.19. The first-order valence-electron chi connectivity index (χ1n) is 3.79. The fourth-order valence-corrected chi connectivity index (χ4v) is 0.385. The lowest BCUT2D eigenvalue weighted by Gasteiger charge is -1.97. The Hall–Kier alpha value is -0.350. The highest BCUT2D eigenvalue weighted by molar-refractivity contribution is 7.72. The summed E-state index contributed by atoms with van der Waals surface area (Å²) in [5.41, 5.74) is 0. The molecular formula is C10H18P+. The first-order valence-corrected chi connectivity index (χ1v) is 7.37. The van der Waals surface area contributed by atoms with Crippen molar-refractivity contribution >= 4 is 7.26 Å². The van der Waals surface area contributed by atoms with Gasteiger partial charge in [0.2, 0.25) is 0 Å². The Labute approximate surface area is 71.0 Å². The van der Waals surface area contributed by atoms with Crippen LogP contribution in [0.15, 0.2) is 36.4 Å². The highest BCUT2D eigenvalue weighted by Crippen LogP contribution is 2.40. The minimum absolute atomic E-state index is 0.389. The number of rotatable bonds is 0. The lowest BCUT2D eigenvalue weighted by molar-refractivity contribution is 1.72. The van der Waals surface area contributed by atoms with Crippen molar-refractivity contribution in [2.45, 2.75) is 0 Å². The maximum atomic E-state index is 2.30. The van der Waals surface area contributed by atoms with E-state index in [0.29, 0.717) is 0 Å². The Kier molecular flexibility index (Phi) is 5.15. The number of hydrogen-bond acceptors (Lipinski definition) is 0. The molecule has 1 aromatic carbocycles. The molecule has 0 heterocycles. The van der Waals surface area contributed by atoms with Gasteiger partial charge < -0.3 is 0 Å². The third kappa shape index (κ3) is 17.7. The lowest BCUT2D eigenvalue weighted by atomic mass is 10.4. The van der Waals surface area contributed by atoms with Gasteiger partial charge in [0.05, 0.1) is 0 Å². The van der Waals surface area contributed by atoms with E-state index in [-0.39, 0.29) is 7.26 Å². The van der Waals surface area contributed by atoms with Gasteiger partial charge in [-0.2, -0.15) is 0 Å². The van der Waals surface area contributed by atoms with Gasteiger partial charge in [0.15, 0.2) is 0 Å². The molecule has 0 aliphatic rings. The van der Waals surface area contributed by atoms with E-state index in [9.17, 15) is 0 Å². The van der Waals surface area contributed by atoms with Gasteiger partial charge in [-0.05, 0) is 0 Å². The predicted octanol–water partition coefficient (Wildman–Crippen LogP) is 3.21. The van der Waals surface area contributed by atoms with Crippen LogP contribution in [-0.2, 0) is 0 Å². The van der Waals surface area contributed by atoms with E-state index in [0.717, 1.165) is 0 Å². The van der Waals surface area contributed by atoms with Crippen molar-refractivity contribution < 1.29 is 0 Å². The summed E-state index contributed by atoms with van der Waals surface area (Å²) in [5.74, 6) is 0. The average molecular weight is 169 g/mol. The zero-order valence-electron chi connectivity index (χ0n) is 7.91. The summed E-state index contributed by atoms with van der Waals surface area (Å²) in [6.07, 6.45) is 0. The molecule has 0 saturated heterocycles. The molecule has 0 amide bonds. The van der Waals surface area contributed by atoms with Crippen LogP contribution in [-0.4, -0.2) is 26.7 Å². The van der Waals surface area contributed by atoms with Crippen molar-refractivity contribution in [3.05, 3.63) is 36.4 Å². The first-order chi connectivity index (χ1) is 5.00. The molecule has 1 rings (SSSR count). The van der Waals surface area contributed by atoms with E-state index in [4.69, 9.17) is 0 Å². The molecule has 0 aliphatic heterocycles. The second-order valence-electron chi connectivity index (χ2n) is 3.84. The van der Waals surface area contributed by atoms with Gasteiger partial charge in [0, 0.05) is 33.9 Å². The van der Waals surface area contributed by atoms with E-state index in [1.807, 2.05) is 36.4 Å². The molecule has 0 N–H and O–H groups in total. The fourth-order valence-electron chi connectivity index (χ4n) is 0.385. The maximum Gasteiger partial charge on any atom is 0.0481 e. The molecule has 0 bridgehead atoms. The quantitative estimate of drug-likeness (QED) is 0.523. The first kappa shape index (κ1) is 10.7. The molecular weight excluding hydrogens is 151 g/mol. The van der Waals surface area contributed by atoms with Gasteiger partial charge in [-0.15, -0.1) is 0 Å². The zero-order valence-corrected chi connectivity index (χ0v) is 8.81. The standard InChI is InChI=1S/C6H6.C4H12P/c1-2-4-6-5-3-1;1-5(2,3)4/h1-6H;1-4H3/q;+1. The number of hydrogen-bond donors (Lipinski definition) is 0. The Morgan fingerprint density at radius 3 is 0.727 bits per heavy atom. The minimum atomic E-state index is -0.389. The van der Waals surface area contributed by atoms with Gasteiger partial charge in [0.1, 0.15) is 0 Å². The topological polar surface area (TPSA) is 0 Å². The number of benzene rings is 1. The van der Waals surface area contributed by atoms with Gasteiger partial charge in [-0.3, -0.25) is 0 Å². The van der Waals surface area contributed by atoms with Crippen LogP contribution >= 0.6 is 7.26 Å². The van der Waals surface area contributed by atoms with Crippen LogP contribution in [0.2, 0.25) is 0 Å². The van der Waals surface area contributed by atoms with Crippen LogP contribution in [0, 0.1) is 0 Å². The maximum absolute atomic E-state index is 2.30. The predicted molar refractivity (Wildman–Crippen MR) is 57.1 cm³/mol. The molecule has 0 radical (unpaired) electrons. The summed E-state index contributed by atoms with van der Waals surface area (Å²) < 4.78 is 0. The summed E-state index contributed by atoms with van der Waals surface area (Å²) >= 11 is 0. The highest BCUT2D eigenvalue weighted by atomic mass is 31.2. The van der Waals surface area contributed by atoms with Crippen molar-refractivity contribution in [3.63, 3.8) is 0 Å². The second-order valence-corrected chi connectivity index (χ2v) is 9.20. The van der Waals surface area contributed by atoms with E-state index in [1.165, 1.54) is 0 Å². The normalized spacial score (nSPS) is 9.82. The highest BCUT2D eigenvalue weighted by Gasteiger charge is 2.03. The molecule has 0 saturated carbocycles. The SMILES string of the molecule is C[P+](C)(C)C.c1ccccc1. The molecule has 0 spiro atoms. The van der Waals surface area contributed by atoms with E-state index in [1.54, 1.807) is 0 Å². The summed E-state index contributed by atoms with van der Waals surface area (Å²) in [5, 5.41) is 0. The molecule has 0 aliphatic carbocycles. The average Bonchev–Trinajstić information content (AvgIpc) is 1.88. The van der Waals surface area contributed by atoms with E-state index >= 15 is 0 Å². The third-order valence-electron chi connectivity index (χ3n) is 0.667. The van der Waals surface area contributed by atoms with Crippen LogP contribution in [0.1, 0.15) is 0 Å². The van der Waals surface area contributed by atoms with Gasteiger partial charge in [-0.1, -0.05) is 36.4 Å². The summed E-state index contributed by atoms with van der Waals surface area (Å²) in [6, 6.07) is 12.0. The van der Waals surface area contributed by atoms with Crippen LogP contribution < -0.4 is 0 Å². The fraction of sp³-hybridized carbons (Fsp3) is 0.400. The molecule has 0 aromatic heterocycles. The molecule has 11 heavy (non-hydrogen) atoms. The Bertz CT molecular complexity index is 129. The van der Waals surface area contributed by atoms with Crippen LogP contribution in [0.3, 0.4) is 0 Å². The largest absolute Gasteiger partial charge is 0.0623 e. The molecule has 0 nitrogen and oxygen atoms in total. The van der Waals surface area contributed by atoms with Gasteiger partial charge in [-0.25, -0.2) is 0 Å². The smallest absolute Gasteiger partial charge is 0.0481 e. The monoisotopic (exact) mass is 169 g/mol. The minimum Gasteiger partial charge on any atom is -0.0623 e. The lowest BCUT2D eigenvalue weighted by Crippen LogP contribution is -1.74.